The molecule has 0 saturated carbocycles. The van der Waals surface area contributed by atoms with Crippen LogP contribution in [0.3, 0.4) is 0 Å². The third-order valence-corrected chi connectivity index (χ3v) is 4.67. The number of esters is 2. The lowest BCUT2D eigenvalue weighted by Crippen LogP contribution is -2.43. The summed E-state index contributed by atoms with van der Waals surface area (Å²) in [4.78, 5) is 38.0. The van der Waals surface area contributed by atoms with E-state index in [1.807, 2.05) is 0 Å². The van der Waals surface area contributed by atoms with Gasteiger partial charge in [0.25, 0.3) is 5.91 Å². The molecular formula is C23H25NO8. The number of carbonyl (C=O) groups excluding carboxylic acids is 3. The Labute approximate surface area is 185 Å². The van der Waals surface area contributed by atoms with Gasteiger partial charge >= 0.3 is 11.9 Å². The third kappa shape index (κ3) is 6.45. The zero-order chi connectivity index (χ0) is 22.8. The summed E-state index contributed by atoms with van der Waals surface area (Å²) >= 11 is 0. The molecule has 1 fully saturated rings. The molecule has 2 aromatic rings. The van der Waals surface area contributed by atoms with E-state index >= 15 is 0 Å². The molecule has 1 heterocycles. The second kappa shape index (κ2) is 11.7. The lowest BCUT2D eigenvalue weighted by Gasteiger charge is -2.26. The van der Waals surface area contributed by atoms with E-state index in [0.717, 1.165) is 0 Å². The molecule has 1 aliphatic rings. The van der Waals surface area contributed by atoms with Crippen molar-refractivity contribution in [1.29, 1.82) is 0 Å². The topological polar surface area (TPSA) is 101 Å². The maximum atomic E-state index is 12.3. The van der Waals surface area contributed by atoms with Gasteiger partial charge in [-0.1, -0.05) is 18.2 Å². The summed E-state index contributed by atoms with van der Waals surface area (Å²) in [5.74, 6) is -0.609. The fourth-order valence-corrected chi connectivity index (χ4v) is 2.97. The van der Waals surface area contributed by atoms with Crippen molar-refractivity contribution in [3.63, 3.8) is 0 Å². The van der Waals surface area contributed by atoms with E-state index in [0.29, 0.717) is 43.4 Å². The monoisotopic (exact) mass is 443 g/mol. The zero-order valence-electron chi connectivity index (χ0n) is 17.8. The molecule has 0 aromatic heterocycles. The molecule has 0 atom stereocenters. The van der Waals surface area contributed by atoms with Crippen molar-refractivity contribution in [3.05, 3.63) is 59.7 Å². The van der Waals surface area contributed by atoms with Crippen LogP contribution >= 0.6 is 0 Å². The van der Waals surface area contributed by atoms with Crippen LogP contribution < -0.4 is 9.47 Å². The van der Waals surface area contributed by atoms with E-state index in [1.54, 1.807) is 35.2 Å². The van der Waals surface area contributed by atoms with Crippen molar-refractivity contribution >= 4 is 17.8 Å². The molecule has 2 aromatic carbocycles. The van der Waals surface area contributed by atoms with Gasteiger partial charge in [0, 0.05) is 13.1 Å². The Morgan fingerprint density at radius 3 is 2.19 bits per heavy atom. The van der Waals surface area contributed by atoms with Crippen LogP contribution in [-0.4, -0.2) is 76.0 Å². The van der Waals surface area contributed by atoms with E-state index in [-0.39, 0.29) is 31.3 Å². The number of nitrogens with zero attached hydrogens (tertiary/aromatic N) is 1. The van der Waals surface area contributed by atoms with Crippen LogP contribution in [-0.2, 0) is 19.0 Å². The van der Waals surface area contributed by atoms with Crippen LogP contribution in [0.25, 0.3) is 0 Å². The number of ether oxygens (including phenoxy) is 5. The van der Waals surface area contributed by atoms with Gasteiger partial charge in [-0.15, -0.1) is 0 Å². The predicted molar refractivity (Wildman–Crippen MR) is 113 cm³/mol. The minimum Gasteiger partial charge on any atom is -0.493 e. The number of morpholine rings is 1. The number of hydrogen-bond acceptors (Lipinski definition) is 8. The average molecular weight is 443 g/mol. The number of hydrogen-bond donors (Lipinski definition) is 0. The highest BCUT2D eigenvalue weighted by atomic mass is 16.6. The molecule has 0 unspecified atom stereocenters. The molecule has 3 rings (SSSR count). The molecule has 9 heteroatoms. The minimum atomic E-state index is -0.602. The Balaban J connectivity index is 1.47. The Bertz CT molecular complexity index is 925. The number of methoxy groups -OCH3 is 1. The van der Waals surface area contributed by atoms with Crippen LogP contribution in [0.2, 0.25) is 0 Å². The first kappa shape index (κ1) is 23.1. The smallest absolute Gasteiger partial charge is 0.338 e. The SMILES string of the molecule is COc1cc(C(=O)OCCOC(=O)c2ccccc2)ccc1OCC(=O)N1CCOCC1. The van der Waals surface area contributed by atoms with Gasteiger partial charge in [0.15, 0.2) is 18.1 Å². The summed E-state index contributed by atoms with van der Waals surface area (Å²) in [5.41, 5.74) is 0.661. The summed E-state index contributed by atoms with van der Waals surface area (Å²) in [6.07, 6.45) is 0. The van der Waals surface area contributed by atoms with Gasteiger partial charge < -0.3 is 28.6 Å². The van der Waals surface area contributed by atoms with Crippen molar-refractivity contribution in [3.8, 4) is 11.5 Å². The molecule has 0 radical (unpaired) electrons. The van der Waals surface area contributed by atoms with Crippen LogP contribution in [0.4, 0.5) is 0 Å². The number of rotatable bonds is 9. The van der Waals surface area contributed by atoms with Gasteiger partial charge in [0.1, 0.15) is 13.2 Å². The molecular weight excluding hydrogens is 418 g/mol. The van der Waals surface area contributed by atoms with Crippen molar-refractivity contribution in [2.45, 2.75) is 0 Å². The van der Waals surface area contributed by atoms with Crippen LogP contribution in [0.15, 0.2) is 48.5 Å². The van der Waals surface area contributed by atoms with Gasteiger partial charge in [-0.3, -0.25) is 4.79 Å². The maximum Gasteiger partial charge on any atom is 0.338 e. The highest BCUT2D eigenvalue weighted by Gasteiger charge is 2.19. The molecule has 0 spiro atoms. The van der Waals surface area contributed by atoms with E-state index in [9.17, 15) is 14.4 Å². The summed E-state index contributed by atoms with van der Waals surface area (Å²) in [5, 5.41) is 0. The van der Waals surface area contributed by atoms with Crippen molar-refractivity contribution in [2.24, 2.45) is 0 Å². The Morgan fingerprint density at radius 1 is 0.875 bits per heavy atom. The van der Waals surface area contributed by atoms with Gasteiger partial charge in [-0.25, -0.2) is 9.59 Å². The van der Waals surface area contributed by atoms with Gasteiger partial charge in [-0.05, 0) is 30.3 Å². The highest BCUT2D eigenvalue weighted by Crippen LogP contribution is 2.28. The Hall–Kier alpha value is -3.59. The Morgan fingerprint density at radius 2 is 1.53 bits per heavy atom. The fraction of sp³-hybridized carbons (Fsp3) is 0.348. The highest BCUT2D eigenvalue weighted by molar-refractivity contribution is 5.90. The number of amides is 1. The molecule has 1 aliphatic heterocycles. The first-order valence-electron chi connectivity index (χ1n) is 10.1. The molecule has 0 aliphatic carbocycles. The van der Waals surface area contributed by atoms with Crippen molar-refractivity contribution in [1.82, 2.24) is 4.90 Å². The Kier molecular flexibility index (Phi) is 8.44. The minimum absolute atomic E-state index is 0.0680. The molecule has 32 heavy (non-hydrogen) atoms. The lowest BCUT2D eigenvalue weighted by molar-refractivity contribution is -0.137. The second-order valence-electron chi connectivity index (χ2n) is 6.79. The molecule has 0 bridgehead atoms. The molecule has 9 nitrogen and oxygen atoms in total. The number of benzene rings is 2. The summed E-state index contributed by atoms with van der Waals surface area (Å²) < 4.78 is 26.3. The molecule has 1 saturated heterocycles. The molecule has 1 amide bonds. The van der Waals surface area contributed by atoms with Crippen molar-refractivity contribution < 1.29 is 38.1 Å². The first-order valence-corrected chi connectivity index (χ1v) is 10.1. The maximum absolute atomic E-state index is 12.3. The third-order valence-electron chi connectivity index (χ3n) is 4.67. The summed E-state index contributed by atoms with van der Waals surface area (Å²) in [6.45, 7) is 1.78. The number of carbonyl (C=O) groups is 3. The van der Waals surface area contributed by atoms with Gasteiger partial charge in [0.05, 0.1) is 31.5 Å². The van der Waals surface area contributed by atoms with Crippen molar-refractivity contribution in [2.75, 3.05) is 53.2 Å². The van der Waals surface area contributed by atoms with E-state index in [1.165, 1.54) is 25.3 Å². The molecule has 0 N–H and O–H groups in total. The van der Waals surface area contributed by atoms with Gasteiger partial charge in [-0.2, -0.15) is 0 Å². The summed E-state index contributed by atoms with van der Waals surface area (Å²) in [7, 11) is 1.43. The normalized spacial score (nSPS) is 13.2. The summed E-state index contributed by atoms with van der Waals surface area (Å²) in [6, 6.07) is 13.0. The first-order chi connectivity index (χ1) is 15.6. The average Bonchev–Trinajstić information content (AvgIpc) is 2.85. The predicted octanol–water partition coefficient (Wildman–Crippen LogP) is 1.95. The quantitative estimate of drug-likeness (QED) is 0.428. The lowest BCUT2D eigenvalue weighted by atomic mass is 10.2. The zero-order valence-corrected chi connectivity index (χ0v) is 17.8. The fourth-order valence-electron chi connectivity index (χ4n) is 2.97. The van der Waals surface area contributed by atoms with Crippen LogP contribution in [0.1, 0.15) is 20.7 Å². The van der Waals surface area contributed by atoms with Crippen LogP contribution in [0.5, 0.6) is 11.5 Å². The second-order valence-corrected chi connectivity index (χ2v) is 6.79. The van der Waals surface area contributed by atoms with E-state index in [2.05, 4.69) is 0 Å². The van der Waals surface area contributed by atoms with E-state index in [4.69, 9.17) is 23.7 Å². The van der Waals surface area contributed by atoms with Crippen LogP contribution in [0, 0.1) is 0 Å². The standard InChI is InChI=1S/C23H25NO8/c1-28-20-15-18(7-8-19(20)32-16-21(25)24-9-11-29-12-10-24)23(27)31-14-13-30-22(26)17-5-3-2-4-6-17/h2-8,15H,9-14,16H2,1H3. The van der Waals surface area contributed by atoms with Gasteiger partial charge in [0.2, 0.25) is 0 Å². The largest absolute Gasteiger partial charge is 0.493 e. The molecule has 170 valence electrons. The van der Waals surface area contributed by atoms with E-state index < -0.39 is 11.9 Å².